The Bertz CT molecular complexity index is 1550. The Morgan fingerprint density at radius 3 is 2.41 bits per heavy atom. The fourth-order valence-electron chi connectivity index (χ4n) is 5.29. The van der Waals surface area contributed by atoms with Crippen LogP contribution in [0.1, 0.15) is 32.3 Å². The Kier molecular flexibility index (Phi) is 7.37. The molecule has 2 aliphatic rings. The van der Waals surface area contributed by atoms with Crippen LogP contribution >= 0.6 is 11.6 Å². The second-order valence-corrected chi connectivity index (χ2v) is 10.8. The molecule has 3 N–H and O–H groups in total. The number of phenols is 1. The third kappa shape index (κ3) is 5.97. The molecule has 41 heavy (non-hydrogen) atoms. The molecule has 3 aromatic rings. The van der Waals surface area contributed by atoms with E-state index in [4.69, 9.17) is 11.6 Å². The van der Waals surface area contributed by atoms with Gasteiger partial charge < -0.3 is 25.4 Å². The highest BCUT2D eigenvalue weighted by atomic mass is 35.5. The van der Waals surface area contributed by atoms with Crippen molar-refractivity contribution in [1.29, 1.82) is 0 Å². The SMILES string of the molecule is CC1(C)CN(C2=C(NC(=O)Nc3ccc(OC(F)(F)F)cc3)CCC=C2)c2c(O)cc(F)c(-c3ccc(Cl)cc3)c21. The lowest BCUT2D eigenvalue weighted by molar-refractivity contribution is -0.274. The van der Waals surface area contributed by atoms with Gasteiger partial charge >= 0.3 is 12.4 Å². The lowest BCUT2D eigenvalue weighted by Gasteiger charge is -2.28. The highest BCUT2D eigenvalue weighted by Gasteiger charge is 2.42. The number of alkyl halides is 3. The van der Waals surface area contributed by atoms with Crippen molar-refractivity contribution in [3.05, 3.63) is 94.5 Å². The van der Waals surface area contributed by atoms with E-state index in [1.54, 1.807) is 24.3 Å². The molecule has 0 unspecified atom stereocenters. The van der Waals surface area contributed by atoms with Gasteiger partial charge in [-0.3, -0.25) is 0 Å². The van der Waals surface area contributed by atoms with Crippen molar-refractivity contribution in [2.75, 3.05) is 16.8 Å². The number of anilines is 2. The zero-order valence-corrected chi connectivity index (χ0v) is 22.8. The number of hydrogen-bond acceptors (Lipinski definition) is 4. The monoisotopic (exact) mass is 587 g/mol. The lowest BCUT2D eigenvalue weighted by Crippen LogP contribution is -2.34. The quantitative estimate of drug-likeness (QED) is 0.263. The number of rotatable bonds is 5. The summed E-state index contributed by atoms with van der Waals surface area (Å²) in [5, 5.41) is 17.0. The number of aromatic hydroxyl groups is 1. The van der Waals surface area contributed by atoms with Crippen LogP contribution in [0.15, 0.2) is 78.1 Å². The van der Waals surface area contributed by atoms with Crippen LogP contribution in [0.2, 0.25) is 5.02 Å². The van der Waals surface area contributed by atoms with Crippen molar-refractivity contribution in [2.24, 2.45) is 0 Å². The Balaban J connectivity index is 1.46. The van der Waals surface area contributed by atoms with Crippen LogP contribution < -0.4 is 20.3 Å². The van der Waals surface area contributed by atoms with Crippen LogP contribution in [-0.2, 0) is 5.41 Å². The minimum absolute atomic E-state index is 0.225. The summed E-state index contributed by atoms with van der Waals surface area (Å²) in [6, 6.07) is 12.1. The minimum atomic E-state index is -4.82. The largest absolute Gasteiger partial charge is 0.573 e. The number of carbonyl (C=O) groups excluding carboxylic acids is 1. The molecule has 0 atom stereocenters. The molecule has 0 saturated heterocycles. The van der Waals surface area contributed by atoms with Crippen LogP contribution in [0.5, 0.6) is 11.5 Å². The summed E-state index contributed by atoms with van der Waals surface area (Å²) >= 11 is 6.06. The number of benzene rings is 3. The summed E-state index contributed by atoms with van der Waals surface area (Å²) < 4.78 is 56.5. The van der Waals surface area contributed by atoms with Gasteiger partial charge in [-0.2, -0.15) is 0 Å². The fraction of sp³-hybridized carbons (Fsp3) is 0.233. The summed E-state index contributed by atoms with van der Waals surface area (Å²) in [7, 11) is 0. The van der Waals surface area contributed by atoms with Crippen molar-refractivity contribution in [3.8, 4) is 22.6 Å². The first-order chi connectivity index (χ1) is 19.3. The topological polar surface area (TPSA) is 73.8 Å². The number of allylic oxidation sites excluding steroid dienone is 3. The lowest BCUT2D eigenvalue weighted by atomic mass is 9.81. The van der Waals surface area contributed by atoms with E-state index in [0.717, 1.165) is 18.2 Å². The first-order valence-electron chi connectivity index (χ1n) is 12.8. The van der Waals surface area contributed by atoms with E-state index in [9.17, 15) is 23.1 Å². The molecule has 1 aliphatic heterocycles. The zero-order valence-electron chi connectivity index (χ0n) is 22.1. The van der Waals surface area contributed by atoms with Crippen molar-refractivity contribution in [2.45, 2.75) is 38.5 Å². The standard InChI is InChI=1S/C30H26ClF4N3O3/c1-29(2)16-38(27-24(39)15-21(32)25(26(27)29)17-7-9-18(31)10-8-17)23-6-4-3-5-22(23)37-28(40)36-19-11-13-20(14-12-19)41-30(33,34)35/h4,6-15,39H,3,5,16H2,1-2H3,(H2,36,37,40). The fourth-order valence-corrected chi connectivity index (χ4v) is 5.41. The molecule has 2 amide bonds. The molecule has 3 aromatic carbocycles. The highest BCUT2D eigenvalue weighted by Crippen LogP contribution is 2.53. The van der Waals surface area contributed by atoms with Gasteiger partial charge in [0, 0.05) is 40.0 Å². The molecule has 6 nitrogen and oxygen atoms in total. The maximum atomic E-state index is 15.4. The van der Waals surface area contributed by atoms with Gasteiger partial charge in [0.2, 0.25) is 0 Å². The average Bonchev–Trinajstić information content (AvgIpc) is 3.17. The number of phenolic OH excluding ortho intramolecular Hbond substituents is 1. The smallest absolute Gasteiger partial charge is 0.506 e. The molecule has 5 rings (SSSR count). The molecule has 0 radical (unpaired) electrons. The number of carbonyl (C=O) groups is 1. The first-order valence-corrected chi connectivity index (χ1v) is 13.1. The number of urea groups is 1. The van der Waals surface area contributed by atoms with Crippen LogP contribution in [0.25, 0.3) is 11.1 Å². The molecule has 0 bridgehead atoms. The molecule has 11 heteroatoms. The molecule has 1 aliphatic carbocycles. The van der Waals surface area contributed by atoms with Gasteiger partial charge in [0.1, 0.15) is 17.3 Å². The summed E-state index contributed by atoms with van der Waals surface area (Å²) in [5.74, 6) is -1.19. The Hall–Kier alpha value is -4.18. The Morgan fingerprint density at radius 2 is 1.76 bits per heavy atom. The maximum Gasteiger partial charge on any atom is 0.573 e. The highest BCUT2D eigenvalue weighted by molar-refractivity contribution is 6.30. The van der Waals surface area contributed by atoms with Crippen molar-refractivity contribution in [1.82, 2.24) is 5.32 Å². The predicted molar refractivity (Wildman–Crippen MR) is 150 cm³/mol. The zero-order chi connectivity index (χ0) is 29.5. The van der Waals surface area contributed by atoms with Gasteiger partial charge in [0.25, 0.3) is 0 Å². The van der Waals surface area contributed by atoms with Crippen LogP contribution in [0.4, 0.5) is 33.7 Å². The van der Waals surface area contributed by atoms with Crippen molar-refractivity contribution < 1.29 is 32.2 Å². The number of nitrogens with zero attached hydrogens (tertiary/aromatic N) is 1. The van der Waals surface area contributed by atoms with Gasteiger partial charge in [0.15, 0.2) is 0 Å². The molecule has 0 fully saturated rings. The van der Waals surface area contributed by atoms with Gasteiger partial charge in [-0.15, -0.1) is 13.2 Å². The minimum Gasteiger partial charge on any atom is -0.506 e. The number of hydrogen-bond donors (Lipinski definition) is 3. The van der Waals surface area contributed by atoms with Crippen molar-refractivity contribution in [3.63, 3.8) is 0 Å². The van der Waals surface area contributed by atoms with Crippen LogP contribution in [0.3, 0.4) is 0 Å². The average molecular weight is 588 g/mol. The van der Waals surface area contributed by atoms with E-state index in [1.165, 1.54) is 12.1 Å². The van der Waals surface area contributed by atoms with Gasteiger partial charge in [-0.1, -0.05) is 43.7 Å². The van der Waals surface area contributed by atoms with Gasteiger partial charge in [-0.25, -0.2) is 9.18 Å². The van der Waals surface area contributed by atoms with Crippen LogP contribution in [-0.4, -0.2) is 24.0 Å². The summed E-state index contributed by atoms with van der Waals surface area (Å²) in [5.41, 5.74) is 2.95. The molecule has 0 spiro atoms. The molecule has 0 saturated carbocycles. The third-order valence-electron chi connectivity index (χ3n) is 6.91. The van der Waals surface area contributed by atoms with E-state index < -0.39 is 29.4 Å². The van der Waals surface area contributed by atoms with E-state index >= 15 is 4.39 Å². The second kappa shape index (κ2) is 10.7. The van der Waals surface area contributed by atoms with Crippen LogP contribution in [0, 0.1) is 5.82 Å². The summed E-state index contributed by atoms with van der Waals surface area (Å²) in [6.07, 6.45) is 0.109. The number of nitrogens with one attached hydrogen (secondary N) is 2. The number of ether oxygens (including phenoxy) is 1. The van der Waals surface area contributed by atoms with E-state index in [-0.39, 0.29) is 11.4 Å². The van der Waals surface area contributed by atoms with E-state index in [0.29, 0.717) is 58.2 Å². The summed E-state index contributed by atoms with van der Waals surface area (Å²) in [4.78, 5) is 14.8. The normalized spacial score (nSPS) is 16.0. The predicted octanol–water partition coefficient (Wildman–Crippen LogP) is 8.23. The van der Waals surface area contributed by atoms with Crippen molar-refractivity contribution >= 4 is 29.0 Å². The third-order valence-corrected chi connectivity index (χ3v) is 7.16. The number of halogens is 5. The Labute approximate surface area is 238 Å². The molecular formula is C30H26ClF4N3O3. The van der Waals surface area contributed by atoms with Gasteiger partial charge in [0.05, 0.1) is 11.4 Å². The molecule has 1 heterocycles. The second-order valence-electron chi connectivity index (χ2n) is 10.4. The molecule has 0 aromatic heterocycles. The first kappa shape index (κ1) is 28.4. The Morgan fingerprint density at radius 1 is 1.07 bits per heavy atom. The van der Waals surface area contributed by atoms with E-state index in [1.807, 2.05) is 30.9 Å². The summed E-state index contributed by atoms with van der Waals surface area (Å²) in [6.45, 7) is 4.32. The van der Waals surface area contributed by atoms with Gasteiger partial charge in [-0.05, 0) is 66.4 Å². The van der Waals surface area contributed by atoms with E-state index in [2.05, 4.69) is 15.4 Å². The molecule has 214 valence electrons. The number of fused-ring (bicyclic) bond motifs is 1. The molecular weight excluding hydrogens is 562 g/mol. The number of amides is 2. The maximum absolute atomic E-state index is 15.4.